The molecule has 2 aromatic rings. The standard InChI is InChI=1S/C15H18N4O2/c1-11-6-5-9-19-13(11)17-14(12(10-16-21)15(19)20)18-7-3-2-4-8-18/h5-6,9-10,21H,2-4,7-8H2,1H3. The minimum Gasteiger partial charge on any atom is -0.411 e. The van der Waals surface area contributed by atoms with Crippen molar-refractivity contribution in [3.05, 3.63) is 39.8 Å². The second-order valence-electron chi connectivity index (χ2n) is 5.33. The number of pyridine rings is 1. The Morgan fingerprint density at radius 3 is 2.81 bits per heavy atom. The van der Waals surface area contributed by atoms with E-state index in [2.05, 4.69) is 15.0 Å². The van der Waals surface area contributed by atoms with Gasteiger partial charge in [-0.2, -0.15) is 0 Å². The minimum atomic E-state index is -0.206. The molecule has 3 rings (SSSR count). The van der Waals surface area contributed by atoms with Crippen molar-refractivity contribution in [2.45, 2.75) is 26.2 Å². The van der Waals surface area contributed by atoms with E-state index in [9.17, 15) is 4.79 Å². The summed E-state index contributed by atoms with van der Waals surface area (Å²) in [4.78, 5) is 19.4. The maximum absolute atomic E-state index is 12.6. The van der Waals surface area contributed by atoms with Gasteiger partial charge >= 0.3 is 0 Å². The number of hydrogen-bond acceptors (Lipinski definition) is 5. The van der Waals surface area contributed by atoms with E-state index in [1.54, 1.807) is 6.20 Å². The topological polar surface area (TPSA) is 70.2 Å². The van der Waals surface area contributed by atoms with E-state index in [1.807, 2.05) is 19.1 Å². The summed E-state index contributed by atoms with van der Waals surface area (Å²) in [6.45, 7) is 3.68. The lowest BCUT2D eigenvalue weighted by Gasteiger charge is -2.28. The molecule has 2 aromatic heterocycles. The number of anilines is 1. The lowest BCUT2D eigenvalue weighted by molar-refractivity contribution is 0.322. The fraction of sp³-hybridized carbons (Fsp3) is 0.400. The van der Waals surface area contributed by atoms with E-state index < -0.39 is 0 Å². The van der Waals surface area contributed by atoms with Crippen molar-refractivity contribution in [3.63, 3.8) is 0 Å². The Balaban J connectivity index is 2.27. The monoisotopic (exact) mass is 286 g/mol. The van der Waals surface area contributed by atoms with Crippen molar-refractivity contribution in [1.29, 1.82) is 0 Å². The van der Waals surface area contributed by atoms with Crippen LogP contribution in [0.1, 0.15) is 30.4 Å². The van der Waals surface area contributed by atoms with Crippen molar-refractivity contribution in [2.24, 2.45) is 5.16 Å². The number of fused-ring (bicyclic) bond motifs is 1. The fourth-order valence-corrected chi connectivity index (χ4v) is 2.82. The fourth-order valence-electron chi connectivity index (χ4n) is 2.82. The van der Waals surface area contributed by atoms with Gasteiger partial charge in [0.05, 0.1) is 6.21 Å². The highest BCUT2D eigenvalue weighted by molar-refractivity contribution is 5.86. The number of hydrogen-bond donors (Lipinski definition) is 1. The van der Waals surface area contributed by atoms with Crippen molar-refractivity contribution in [1.82, 2.24) is 9.38 Å². The molecule has 3 heterocycles. The molecule has 0 bridgehead atoms. The molecule has 0 saturated carbocycles. The van der Waals surface area contributed by atoms with Crippen LogP contribution in [-0.4, -0.2) is 33.9 Å². The molecule has 1 N–H and O–H groups in total. The maximum Gasteiger partial charge on any atom is 0.269 e. The molecule has 0 aliphatic carbocycles. The number of oxime groups is 1. The third kappa shape index (κ3) is 2.37. The molecule has 1 aliphatic heterocycles. The van der Waals surface area contributed by atoms with Crippen molar-refractivity contribution < 1.29 is 5.21 Å². The SMILES string of the molecule is Cc1cccn2c(=O)c(C=NO)c(N3CCCCC3)nc12. The van der Waals surface area contributed by atoms with Gasteiger partial charge in [-0.05, 0) is 37.8 Å². The zero-order chi connectivity index (χ0) is 14.8. The van der Waals surface area contributed by atoms with E-state index in [-0.39, 0.29) is 5.56 Å². The molecule has 0 unspecified atom stereocenters. The summed E-state index contributed by atoms with van der Waals surface area (Å²) in [7, 11) is 0. The molecule has 0 atom stereocenters. The van der Waals surface area contributed by atoms with Gasteiger partial charge in [0.25, 0.3) is 5.56 Å². The van der Waals surface area contributed by atoms with Crippen LogP contribution in [0.25, 0.3) is 5.65 Å². The Morgan fingerprint density at radius 1 is 1.33 bits per heavy atom. The third-order valence-electron chi connectivity index (χ3n) is 3.91. The molecular weight excluding hydrogens is 268 g/mol. The van der Waals surface area contributed by atoms with Crippen molar-refractivity contribution >= 4 is 17.7 Å². The number of aromatic nitrogens is 2. The number of rotatable bonds is 2. The first-order valence-electron chi connectivity index (χ1n) is 7.17. The Hall–Kier alpha value is -2.37. The summed E-state index contributed by atoms with van der Waals surface area (Å²) < 4.78 is 1.50. The van der Waals surface area contributed by atoms with E-state index >= 15 is 0 Å². The Labute approximate surface area is 122 Å². The average Bonchev–Trinajstić information content (AvgIpc) is 2.51. The zero-order valence-electron chi connectivity index (χ0n) is 12.0. The molecule has 1 fully saturated rings. The third-order valence-corrected chi connectivity index (χ3v) is 3.91. The van der Waals surface area contributed by atoms with Crippen LogP contribution in [0.4, 0.5) is 5.82 Å². The van der Waals surface area contributed by atoms with Crippen LogP contribution < -0.4 is 10.5 Å². The number of piperidine rings is 1. The quantitative estimate of drug-likeness (QED) is 0.519. The van der Waals surface area contributed by atoms with Gasteiger partial charge in [-0.3, -0.25) is 9.20 Å². The Bertz CT molecular complexity index is 745. The molecule has 0 radical (unpaired) electrons. The molecule has 0 amide bonds. The van der Waals surface area contributed by atoms with Crippen LogP contribution in [0.3, 0.4) is 0 Å². The summed E-state index contributed by atoms with van der Waals surface area (Å²) in [6, 6.07) is 3.74. The Kier molecular flexibility index (Phi) is 3.60. The maximum atomic E-state index is 12.6. The summed E-state index contributed by atoms with van der Waals surface area (Å²) in [5.74, 6) is 0.617. The van der Waals surface area contributed by atoms with Crippen LogP contribution >= 0.6 is 0 Å². The molecule has 0 spiro atoms. The lowest BCUT2D eigenvalue weighted by Crippen LogP contribution is -2.34. The van der Waals surface area contributed by atoms with Crippen LogP contribution in [-0.2, 0) is 0 Å². The van der Waals surface area contributed by atoms with Gasteiger partial charge in [-0.25, -0.2) is 4.98 Å². The first kappa shape index (κ1) is 13.6. The molecule has 110 valence electrons. The molecule has 0 aromatic carbocycles. The van der Waals surface area contributed by atoms with E-state index in [0.29, 0.717) is 17.0 Å². The van der Waals surface area contributed by atoms with Gasteiger partial charge < -0.3 is 10.1 Å². The van der Waals surface area contributed by atoms with Crippen LogP contribution in [0.15, 0.2) is 28.3 Å². The number of nitrogens with zero attached hydrogens (tertiary/aromatic N) is 4. The van der Waals surface area contributed by atoms with E-state index in [0.717, 1.165) is 31.5 Å². The van der Waals surface area contributed by atoms with Gasteiger partial charge in [-0.15, -0.1) is 0 Å². The first-order chi connectivity index (χ1) is 10.2. The normalized spacial score (nSPS) is 16.0. The summed E-state index contributed by atoms with van der Waals surface area (Å²) in [5.41, 5.74) is 1.73. The predicted molar refractivity (Wildman–Crippen MR) is 81.6 cm³/mol. The van der Waals surface area contributed by atoms with Crippen LogP contribution in [0.5, 0.6) is 0 Å². The summed E-state index contributed by atoms with van der Waals surface area (Å²) in [6.07, 6.45) is 6.25. The van der Waals surface area contributed by atoms with Gasteiger partial charge in [0, 0.05) is 19.3 Å². The molecule has 1 saturated heterocycles. The number of aryl methyl sites for hydroxylation is 1. The molecule has 1 aliphatic rings. The van der Waals surface area contributed by atoms with Crippen LogP contribution in [0, 0.1) is 6.92 Å². The second-order valence-corrected chi connectivity index (χ2v) is 5.33. The van der Waals surface area contributed by atoms with Crippen LogP contribution in [0.2, 0.25) is 0 Å². The largest absolute Gasteiger partial charge is 0.411 e. The summed E-state index contributed by atoms with van der Waals surface area (Å²) >= 11 is 0. The molecule has 6 heteroatoms. The van der Waals surface area contributed by atoms with Crippen molar-refractivity contribution in [3.8, 4) is 0 Å². The van der Waals surface area contributed by atoms with E-state index in [4.69, 9.17) is 5.21 Å². The van der Waals surface area contributed by atoms with Gasteiger partial charge in [0.1, 0.15) is 17.0 Å². The highest BCUT2D eigenvalue weighted by atomic mass is 16.4. The van der Waals surface area contributed by atoms with Gasteiger partial charge in [0.15, 0.2) is 0 Å². The summed E-state index contributed by atoms with van der Waals surface area (Å²) in [5, 5.41) is 11.9. The highest BCUT2D eigenvalue weighted by Gasteiger charge is 2.19. The predicted octanol–water partition coefficient (Wildman–Crippen LogP) is 1.80. The molecular formula is C15H18N4O2. The first-order valence-corrected chi connectivity index (χ1v) is 7.17. The van der Waals surface area contributed by atoms with Gasteiger partial charge in [-0.1, -0.05) is 11.2 Å². The lowest BCUT2D eigenvalue weighted by atomic mass is 10.1. The van der Waals surface area contributed by atoms with Gasteiger partial charge in [0.2, 0.25) is 0 Å². The minimum absolute atomic E-state index is 0.206. The zero-order valence-corrected chi connectivity index (χ0v) is 12.0. The highest BCUT2D eigenvalue weighted by Crippen LogP contribution is 2.20. The van der Waals surface area contributed by atoms with E-state index in [1.165, 1.54) is 17.0 Å². The average molecular weight is 286 g/mol. The smallest absolute Gasteiger partial charge is 0.269 e. The molecule has 6 nitrogen and oxygen atoms in total. The van der Waals surface area contributed by atoms with Crippen molar-refractivity contribution in [2.75, 3.05) is 18.0 Å². The second kappa shape index (κ2) is 5.55. The molecule has 21 heavy (non-hydrogen) atoms. The Morgan fingerprint density at radius 2 is 2.10 bits per heavy atom.